The number of alkyl halides is 2. The summed E-state index contributed by atoms with van der Waals surface area (Å²) in [6.07, 6.45) is 3.22. The second-order valence-corrected chi connectivity index (χ2v) is 4.21. The van der Waals surface area contributed by atoms with Crippen LogP contribution in [0.25, 0.3) is 0 Å². The van der Waals surface area contributed by atoms with Crippen molar-refractivity contribution in [1.82, 2.24) is 0 Å². The number of hydrogen-bond donors (Lipinski definition) is 0. The lowest BCUT2D eigenvalue weighted by atomic mass is 10.1. The highest BCUT2D eigenvalue weighted by molar-refractivity contribution is 14.1. The Hall–Kier alpha value is 0.660. The number of hydrogen-bond acceptors (Lipinski definition) is 0. The van der Waals surface area contributed by atoms with E-state index in [1.807, 2.05) is 6.92 Å². The van der Waals surface area contributed by atoms with E-state index in [0.717, 1.165) is 25.7 Å². The summed E-state index contributed by atoms with van der Waals surface area (Å²) in [7, 11) is 0. The van der Waals surface area contributed by atoms with Gasteiger partial charge in [-0.2, -0.15) is 0 Å². The third-order valence-corrected chi connectivity index (χ3v) is 2.92. The summed E-state index contributed by atoms with van der Waals surface area (Å²) in [5.74, 6) is 0. The lowest BCUT2D eigenvalue weighted by Crippen LogP contribution is -2.14. The predicted molar refractivity (Wildman–Crippen MR) is 52.5 cm³/mol. The standard InChI is InChI=1S/C8H16FI/c1-3-5-7(9)8(10)6-4-2/h7-8H,3-6H2,1-2H3/t7-,8+/m0/s1. The van der Waals surface area contributed by atoms with Crippen LogP contribution in [0.2, 0.25) is 0 Å². The van der Waals surface area contributed by atoms with Gasteiger partial charge >= 0.3 is 0 Å². The minimum atomic E-state index is -0.578. The van der Waals surface area contributed by atoms with Crippen LogP contribution in [0.4, 0.5) is 4.39 Å². The van der Waals surface area contributed by atoms with Gasteiger partial charge in [-0.3, -0.25) is 0 Å². The third-order valence-electron chi connectivity index (χ3n) is 1.52. The van der Waals surface area contributed by atoms with E-state index in [4.69, 9.17) is 0 Å². The lowest BCUT2D eigenvalue weighted by molar-refractivity contribution is 0.303. The van der Waals surface area contributed by atoms with Gasteiger partial charge in [0.15, 0.2) is 0 Å². The highest BCUT2D eigenvalue weighted by atomic mass is 127. The van der Waals surface area contributed by atoms with E-state index in [1.54, 1.807) is 0 Å². The van der Waals surface area contributed by atoms with Gasteiger partial charge in [0.1, 0.15) is 6.17 Å². The Morgan fingerprint density at radius 3 is 2.10 bits per heavy atom. The Balaban J connectivity index is 3.38. The van der Waals surface area contributed by atoms with Crippen molar-refractivity contribution >= 4 is 22.6 Å². The van der Waals surface area contributed by atoms with Crippen molar-refractivity contribution in [1.29, 1.82) is 0 Å². The van der Waals surface area contributed by atoms with Gasteiger partial charge in [0.25, 0.3) is 0 Å². The molecule has 0 spiro atoms. The number of halogens is 2. The molecule has 0 aromatic rings. The maximum Gasteiger partial charge on any atom is 0.112 e. The van der Waals surface area contributed by atoms with Crippen molar-refractivity contribution < 1.29 is 4.39 Å². The molecule has 0 heterocycles. The van der Waals surface area contributed by atoms with E-state index >= 15 is 0 Å². The van der Waals surface area contributed by atoms with Crippen molar-refractivity contribution in [3.8, 4) is 0 Å². The summed E-state index contributed by atoms with van der Waals surface area (Å²) in [5, 5.41) is 0. The second-order valence-electron chi connectivity index (χ2n) is 2.61. The summed E-state index contributed by atoms with van der Waals surface area (Å²) >= 11 is 2.22. The maximum atomic E-state index is 13.0. The van der Waals surface area contributed by atoms with E-state index in [9.17, 15) is 4.39 Å². The highest BCUT2D eigenvalue weighted by Crippen LogP contribution is 2.19. The molecule has 0 rings (SSSR count). The Morgan fingerprint density at radius 1 is 1.20 bits per heavy atom. The van der Waals surface area contributed by atoms with E-state index in [2.05, 4.69) is 29.5 Å². The Kier molecular flexibility index (Phi) is 6.80. The molecule has 62 valence electrons. The first kappa shape index (κ1) is 10.7. The van der Waals surface area contributed by atoms with E-state index in [0.29, 0.717) is 0 Å². The number of rotatable bonds is 5. The van der Waals surface area contributed by atoms with E-state index in [-0.39, 0.29) is 3.92 Å². The molecule has 2 heteroatoms. The van der Waals surface area contributed by atoms with Crippen LogP contribution in [0, 0.1) is 0 Å². The largest absolute Gasteiger partial charge is 0.246 e. The van der Waals surface area contributed by atoms with E-state index < -0.39 is 6.17 Å². The summed E-state index contributed by atoms with van der Waals surface area (Å²) in [4.78, 5) is 0. The van der Waals surface area contributed by atoms with Crippen LogP contribution in [0.15, 0.2) is 0 Å². The van der Waals surface area contributed by atoms with Crippen LogP contribution >= 0.6 is 22.6 Å². The van der Waals surface area contributed by atoms with Crippen LogP contribution in [-0.4, -0.2) is 10.1 Å². The highest BCUT2D eigenvalue weighted by Gasteiger charge is 2.14. The van der Waals surface area contributed by atoms with Gasteiger partial charge in [0.05, 0.1) is 0 Å². The van der Waals surface area contributed by atoms with E-state index in [1.165, 1.54) is 0 Å². The van der Waals surface area contributed by atoms with Gasteiger partial charge in [-0.1, -0.05) is 49.3 Å². The molecule has 0 unspecified atom stereocenters. The molecule has 2 atom stereocenters. The molecule has 0 aromatic heterocycles. The fourth-order valence-electron chi connectivity index (χ4n) is 0.913. The maximum absolute atomic E-state index is 13.0. The SMILES string of the molecule is CCC[C@@H](I)[C@@H](F)CCC. The fraction of sp³-hybridized carbons (Fsp3) is 1.00. The molecule has 0 amide bonds. The van der Waals surface area contributed by atoms with Crippen molar-refractivity contribution in [3.63, 3.8) is 0 Å². The fourth-order valence-corrected chi connectivity index (χ4v) is 1.90. The van der Waals surface area contributed by atoms with Crippen molar-refractivity contribution in [2.45, 2.75) is 49.6 Å². The van der Waals surface area contributed by atoms with Crippen molar-refractivity contribution in [2.75, 3.05) is 0 Å². The van der Waals surface area contributed by atoms with Crippen LogP contribution in [0.5, 0.6) is 0 Å². The van der Waals surface area contributed by atoms with Gasteiger partial charge in [0, 0.05) is 3.92 Å². The zero-order valence-corrected chi connectivity index (χ0v) is 8.90. The predicted octanol–water partition coefficient (Wildman–Crippen LogP) is 3.73. The molecule has 0 aliphatic carbocycles. The molecule has 0 aliphatic heterocycles. The molecule has 0 aliphatic rings. The van der Waals surface area contributed by atoms with Gasteiger partial charge in [-0.15, -0.1) is 0 Å². The summed E-state index contributed by atoms with van der Waals surface area (Å²) in [5.41, 5.74) is 0. The Labute approximate surface area is 76.7 Å². The summed E-state index contributed by atoms with van der Waals surface area (Å²) in [6.45, 7) is 4.13. The van der Waals surface area contributed by atoms with Crippen molar-refractivity contribution in [2.24, 2.45) is 0 Å². The molecule has 0 aromatic carbocycles. The first-order valence-corrected chi connectivity index (χ1v) is 5.25. The Morgan fingerprint density at radius 2 is 1.70 bits per heavy atom. The molecular formula is C8H16FI. The minimum absolute atomic E-state index is 0.238. The van der Waals surface area contributed by atoms with Gasteiger partial charge in [0.2, 0.25) is 0 Å². The molecule has 0 bridgehead atoms. The quantitative estimate of drug-likeness (QED) is 0.520. The molecule has 0 radical (unpaired) electrons. The zero-order chi connectivity index (χ0) is 7.98. The second kappa shape index (κ2) is 6.38. The first-order chi connectivity index (χ1) is 4.72. The topological polar surface area (TPSA) is 0 Å². The molecular weight excluding hydrogens is 242 g/mol. The van der Waals surface area contributed by atoms with Gasteiger partial charge < -0.3 is 0 Å². The molecule has 0 N–H and O–H groups in total. The third kappa shape index (κ3) is 4.47. The average Bonchev–Trinajstić information content (AvgIpc) is 1.89. The van der Waals surface area contributed by atoms with Crippen LogP contribution < -0.4 is 0 Å². The normalized spacial score (nSPS) is 16.8. The first-order valence-electron chi connectivity index (χ1n) is 4.00. The molecule has 0 saturated carbocycles. The molecule has 0 fully saturated rings. The lowest BCUT2D eigenvalue weighted by Gasteiger charge is -2.12. The summed E-state index contributed by atoms with van der Waals surface area (Å²) in [6, 6.07) is 0. The molecule has 0 saturated heterocycles. The molecule has 0 nitrogen and oxygen atoms in total. The minimum Gasteiger partial charge on any atom is -0.246 e. The van der Waals surface area contributed by atoms with Crippen LogP contribution in [0.3, 0.4) is 0 Å². The van der Waals surface area contributed by atoms with Gasteiger partial charge in [-0.05, 0) is 12.8 Å². The molecule has 10 heavy (non-hydrogen) atoms. The summed E-state index contributed by atoms with van der Waals surface area (Å²) < 4.78 is 13.2. The Bertz CT molecular complexity index is 65.7. The van der Waals surface area contributed by atoms with Crippen LogP contribution in [0.1, 0.15) is 39.5 Å². The van der Waals surface area contributed by atoms with Crippen LogP contribution in [-0.2, 0) is 0 Å². The van der Waals surface area contributed by atoms with Gasteiger partial charge in [-0.25, -0.2) is 4.39 Å². The smallest absolute Gasteiger partial charge is 0.112 e. The average molecular weight is 258 g/mol. The monoisotopic (exact) mass is 258 g/mol. The van der Waals surface area contributed by atoms with Crippen molar-refractivity contribution in [3.05, 3.63) is 0 Å². The zero-order valence-electron chi connectivity index (χ0n) is 6.74.